The first-order valence-corrected chi connectivity index (χ1v) is 9.58. The van der Waals surface area contributed by atoms with Crippen LogP contribution in [0, 0.1) is 0 Å². The summed E-state index contributed by atoms with van der Waals surface area (Å²) < 4.78 is 47.9. The summed E-state index contributed by atoms with van der Waals surface area (Å²) in [7, 11) is 1.26. The molecule has 0 atom stereocenters. The number of aromatic nitrogens is 1. The molecule has 11 heteroatoms. The van der Waals surface area contributed by atoms with Crippen molar-refractivity contribution in [2.24, 2.45) is 0 Å². The predicted octanol–water partition coefficient (Wildman–Crippen LogP) is 5.15. The third-order valence-corrected chi connectivity index (χ3v) is 4.92. The van der Waals surface area contributed by atoms with Crippen molar-refractivity contribution in [1.29, 1.82) is 0 Å². The summed E-state index contributed by atoms with van der Waals surface area (Å²) in [5, 5.41) is 2.61. The number of halogens is 4. The van der Waals surface area contributed by atoms with E-state index in [9.17, 15) is 22.8 Å². The van der Waals surface area contributed by atoms with Gasteiger partial charge in [0.1, 0.15) is 9.93 Å². The van der Waals surface area contributed by atoms with Crippen LogP contribution in [0.1, 0.15) is 22.8 Å². The first kappa shape index (κ1) is 23.6. The molecule has 160 valence electrons. The van der Waals surface area contributed by atoms with Gasteiger partial charge in [0, 0.05) is 18.1 Å². The molecule has 0 radical (unpaired) electrons. The predicted molar refractivity (Wildman–Crippen MR) is 106 cm³/mol. The molecule has 0 saturated heterocycles. The van der Waals surface area contributed by atoms with E-state index in [0.717, 1.165) is 17.8 Å². The molecule has 2 rings (SSSR count). The lowest BCUT2D eigenvalue weighted by molar-refractivity contribution is -0.138. The van der Waals surface area contributed by atoms with Crippen LogP contribution in [-0.2, 0) is 20.4 Å². The van der Waals surface area contributed by atoms with Gasteiger partial charge in [0.2, 0.25) is 0 Å². The van der Waals surface area contributed by atoms with E-state index in [-0.39, 0.29) is 21.6 Å². The van der Waals surface area contributed by atoms with E-state index in [1.165, 1.54) is 25.4 Å². The number of anilines is 1. The first-order chi connectivity index (χ1) is 14.2. The molecule has 0 aliphatic carbocycles. The maximum absolute atomic E-state index is 12.8. The molecule has 1 aromatic carbocycles. The minimum absolute atomic E-state index is 0.00630. The number of carbonyl (C=O) groups is 2. The van der Waals surface area contributed by atoms with E-state index in [0.29, 0.717) is 17.4 Å². The Kier molecular flexibility index (Phi) is 8.13. The van der Waals surface area contributed by atoms with E-state index in [1.54, 1.807) is 19.1 Å². The summed E-state index contributed by atoms with van der Waals surface area (Å²) in [6, 6.07) is 6.94. The molecule has 2 aromatic rings. The lowest BCUT2D eigenvalue weighted by Crippen LogP contribution is -2.08. The molecule has 1 heterocycles. The van der Waals surface area contributed by atoms with Crippen LogP contribution in [0.15, 0.2) is 52.7 Å². The van der Waals surface area contributed by atoms with Crippen LogP contribution in [0.3, 0.4) is 0 Å². The van der Waals surface area contributed by atoms with E-state index < -0.39 is 23.7 Å². The SMILES string of the molecule is CCOC(=O)/C(=C\Nc1ccc(C(=O)OC)cc1)Sc1ncc(C(F)(F)F)cc1Cl. The van der Waals surface area contributed by atoms with Gasteiger partial charge in [0.15, 0.2) is 0 Å². The van der Waals surface area contributed by atoms with Crippen LogP contribution in [0.2, 0.25) is 5.02 Å². The van der Waals surface area contributed by atoms with Crippen LogP contribution in [-0.4, -0.2) is 30.6 Å². The second-order valence-corrected chi connectivity index (χ2v) is 6.99. The lowest BCUT2D eigenvalue weighted by atomic mass is 10.2. The average Bonchev–Trinajstić information content (AvgIpc) is 2.71. The highest BCUT2D eigenvalue weighted by Crippen LogP contribution is 2.36. The second kappa shape index (κ2) is 10.4. The van der Waals surface area contributed by atoms with Gasteiger partial charge in [-0.3, -0.25) is 0 Å². The summed E-state index contributed by atoms with van der Waals surface area (Å²) >= 11 is 6.67. The zero-order valence-corrected chi connectivity index (χ0v) is 17.3. The molecular formula is C19H16ClF3N2O4S. The number of ether oxygens (including phenoxy) is 2. The number of esters is 2. The quantitative estimate of drug-likeness (QED) is 0.348. The minimum atomic E-state index is -4.59. The van der Waals surface area contributed by atoms with Gasteiger partial charge in [-0.15, -0.1) is 0 Å². The van der Waals surface area contributed by atoms with Crippen LogP contribution >= 0.6 is 23.4 Å². The van der Waals surface area contributed by atoms with Gasteiger partial charge < -0.3 is 14.8 Å². The Labute approximate surface area is 179 Å². The molecule has 1 N–H and O–H groups in total. The molecule has 6 nitrogen and oxygen atoms in total. The van der Waals surface area contributed by atoms with Crippen molar-refractivity contribution in [2.45, 2.75) is 18.1 Å². The fourth-order valence-electron chi connectivity index (χ4n) is 2.06. The normalized spacial score (nSPS) is 11.7. The number of hydrogen-bond acceptors (Lipinski definition) is 7. The largest absolute Gasteiger partial charge is 0.465 e. The average molecular weight is 461 g/mol. The maximum atomic E-state index is 12.8. The van der Waals surface area contributed by atoms with Crippen molar-refractivity contribution < 1.29 is 32.2 Å². The molecule has 0 unspecified atom stereocenters. The van der Waals surface area contributed by atoms with Crippen molar-refractivity contribution >= 4 is 41.0 Å². The Hall–Kier alpha value is -2.72. The molecule has 0 fully saturated rings. The van der Waals surface area contributed by atoms with Crippen molar-refractivity contribution in [3.8, 4) is 0 Å². The van der Waals surface area contributed by atoms with Gasteiger partial charge in [-0.2, -0.15) is 13.2 Å². The number of benzene rings is 1. The van der Waals surface area contributed by atoms with Gasteiger partial charge >= 0.3 is 18.1 Å². The fraction of sp³-hybridized carbons (Fsp3) is 0.211. The Morgan fingerprint density at radius 3 is 2.47 bits per heavy atom. The van der Waals surface area contributed by atoms with Crippen molar-refractivity contribution in [3.63, 3.8) is 0 Å². The first-order valence-electron chi connectivity index (χ1n) is 8.38. The van der Waals surface area contributed by atoms with E-state index >= 15 is 0 Å². The van der Waals surface area contributed by atoms with Crippen LogP contribution < -0.4 is 5.32 Å². The number of nitrogens with one attached hydrogen (secondary N) is 1. The summed E-state index contributed by atoms with van der Waals surface area (Å²) in [6.07, 6.45) is -2.64. The number of nitrogens with zero attached hydrogens (tertiary/aromatic N) is 1. The fourth-order valence-corrected chi connectivity index (χ4v) is 3.07. The van der Waals surface area contributed by atoms with Crippen molar-refractivity contribution in [3.05, 3.63) is 63.8 Å². The van der Waals surface area contributed by atoms with E-state index in [1.807, 2.05) is 0 Å². The maximum Gasteiger partial charge on any atom is 0.417 e. The van der Waals surface area contributed by atoms with Gasteiger partial charge in [0.05, 0.1) is 29.9 Å². The Bertz CT molecular complexity index is 950. The van der Waals surface area contributed by atoms with Crippen molar-refractivity contribution in [2.75, 3.05) is 19.0 Å². The third-order valence-electron chi connectivity index (χ3n) is 3.49. The van der Waals surface area contributed by atoms with Gasteiger partial charge in [-0.25, -0.2) is 14.6 Å². The number of alkyl halides is 3. The zero-order chi connectivity index (χ0) is 22.3. The number of thioether (sulfide) groups is 1. The summed E-state index contributed by atoms with van der Waals surface area (Å²) in [5.74, 6) is -1.21. The number of carbonyl (C=O) groups excluding carboxylic acids is 2. The number of hydrogen-bond donors (Lipinski definition) is 1. The van der Waals surface area contributed by atoms with Crippen LogP contribution in [0.25, 0.3) is 0 Å². The molecule has 1 aromatic heterocycles. The lowest BCUT2D eigenvalue weighted by Gasteiger charge is -2.11. The zero-order valence-electron chi connectivity index (χ0n) is 15.7. The summed E-state index contributed by atoms with van der Waals surface area (Å²) in [6.45, 7) is 1.71. The van der Waals surface area contributed by atoms with Gasteiger partial charge in [-0.1, -0.05) is 23.4 Å². The van der Waals surface area contributed by atoms with Crippen LogP contribution in [0.4, 0.5) is 18.9 Å². The Morgan fingerprint density at radius 2 is 1.93 bits per heavy atom. The highest BCUT2D eigenvalue weighted by atomic mass is 35.5. The highest BCUT2D eigenvalue weighted by molar-refractivity contribution is 8.04. The third kappa shape index (κ3) is 6.39. The van der Waals surface area contributed by atoms with E-state index in [2.05, 4.69) is 15.0 Å². The molecule has 0 spiro atoms. The van der Waals surface area contributed by atoms with Crippen LogP contribution in [0.5, 0.6) is 0 Å². The minimum Gasteiger partial charge on any atom is -0.465 e. The molecule has 0 saturated carbocycles. The number of rotatable bonds is 7. The standard InChI is InChI=1S/C19H16ClF3N2O4S/c1-3-29-18(27)15(10-24-13-6-4-11(5-7-13)17(26)28-2)30-16-14(20)8-12(9-25-16)19(21,22)23/h4-10,24H,3H2,1-2H3/b15-10+. The molecule has 0 aliphatic heterocycles. The van der Waals surface area contributed by atoms with Gasteiger partial charge in [-0.05, 0) is 37.3 Å². The molecule has 0 aliphatic rings. The molecule has 30 heavy (non-hydrogen) atoms. The summed E-state index contributed by atoms with van der Waals surface area (Å²) in [5.41, 5.74) is -0.119. The van der Waals surface area contributed by atoms with Crippen molar-refractivity contribution in [1.82, 2.24) is 4.98 Å². The number of methoxy groups -OCH3 is 1. The number of pyridine rings is 1. The smallest absolute Gasteiger partial charge is 0.417 e. The second-order valence-electron chi connectivity index (χ2n) is 5.55. The highest BCUT2D eigenvalue weighted by Gasteiger charge is 2.32. The Morgan fingerprint density at radius 1 is 1.27 bits per heavy atom. The molecular weight excluding hydrogens is 445 g/mol. The Balaban J connectivity index is 2.24. The van der Waals surface area contributed by atoms with Gasteiger partial charge in [0.25, 0.3) is 0 Å². The van der Waals surface area contributed by atoms with E-state index in [4.69, 9.17) is 16.3 Å². The molecule has 0 amide bonds. The topological polar surface area (TPSA) is 77.5 Å². The molecule has 0 bridgehead atoms. The summed E-state index contributed by atoms with van der Waals surface area (Å²) in [4.78, 5) is 27.4. The monoisotopic (exact) mass is 460 g/mol.